The molecular formula is C24H32ClN3O2. The van der Waals surface area contributed by atoms with Crippen molar-refractivity contribution in [3.63, 3.8) is 0 Å². The number of carbonyl (C=O) groups excluding carboxylic acids is 2. The van der Waals surface area contributed by atoms with Gasteiger partial charge in [-0.05, 0) is 30.4 Å². The van der Waals surface area contributed by atoms with E-state index in [4.69, 9.17) is 5.73 Å². The zero-order valence-corrected chi connectivity index (χ0v) is 18.2. The summed E-state index contributed by atoms with van der Waals surface area (Å²) in [5.41, 5.74) is 7.75. The van der Waals surface area contributed by atoms with Gasteiger partial charge in [-0.25, -0.2) is 0 Å². The molecule has 2 aromatic carbocycles. The summed E-state index contributed by atoms with van der Waals surface area (Å²) in [6, 6.07) is 20.5. The molecule has 3 rings (SSSR count). The first-order valence-electron chi connectivity index (χ1n) is 10.5. The summed E-state index contributed by atoms with van der Waals surface area (Å²) >= 11 is 0. The molecule has 1 heterocycles. The van der Waals surface area contributed by atoms with Crippen molar-refractivity contribution in [3.8, 4) is 0 Å². The van der Waals surface area contributed by atoms with Gasteiger partial charge in [-0.1, -0.05) is 60.7 Å². The Morgan fingerprint density at radius 3 is 2.17 bits per heavy atom. The van der Waals surface area contributed by atoms with E-state index in [1.54, 1.807) is 0 Å². The van der Waals surface area contributed by atoms with Crippen LogP contribution in [0.1, 0.15) is 49.1 Å². The fourth-order valence-electron chi connectivity index (χ4n) is 4.08. The Bertz CT molecular complexity index is 746. The van der Waals surface area contributed by atoms with Crippen molar-refractivity contribution in [3.05, 3.63) is 71.8 Å². The average Bonchev–Trinajstić information content (AvgIpc) is 2.77. The minimum absolute atomic E-state index is 0. The highest BCUT2D eigenvalue weighted by Crippen LogP contribution is 2.30. The maximum Gasteiger partial charge on any atom is 0.223 e. The third kappa shape index (κ3) is 6.57. The molecule has 1 fully saturated rings. The summed E-state index contributed by atoms with van der Waals surface area (Å²) in [5, 5.41) is 2.94. The smallest absolute Gasteiger partial charge is 0.223 e. The number of likely N-dealkylation sites (tertiary alicyclic amines) is 1. The van der Waals surface area contributed by atoms with Gasteiger partial charge in [-0.3, -0.25) is 9.59 Å². The summed E-state index contributed by atoms with van der Waals surface area (Å²) in [4.78, 5) is 27.1. The molecule has 1 aliphatic rings. The Morgan fingerprint density at radius 2 is 1.60 bits per heavy atom. The summed E-state index contributed by atoms with van der Waals surface area (Å²) in [7, 11) is 0. The van der Waals surface area contributed by atoms with E-state index >= 15 is 0 Å². The summed E-state index contributed by atoms with van der Waals surface area (Å²) in [5.74, 6) is 0.136. The molecule has 5 nitrogen and oxygen atoms in total. The standard InChI is InChI=1S/C24H31N3O2.ClH/c25-15-14-23(28)26-18-21-13-7-8-16-27(21)24(29)17-22(19-9-3-1-4-10-19)20-11-5-2-6-12-20;/h1-6,9-12,21-22H,7-8,13-18,25H2,(H,26,28);1H. The first kappa shape index (κ1) is 23.9. The number of nitrogens with zero attached hydrogens (tertiary/aromatic N) is 1. The van der Waals surface area contributed by atoms with Crippen LogP contribution in [0, 0.1) is 0 Å². The largest absolute Gasteiger partial charge is 0.354 e. The van der Waals surface area contributed by atoms with Crippen molar-refractivity contribution in [2.45, 2.75) is 44.1 Å². The molecule has 30 heavy (non-hydrogen) atoms. The third-order valence-corrected chi connectivity index (χ3v) is 5.64. The normalized spacial score (nSPS) is 16.1. The number of carbonyl (C=O) groups is 2. The summed E-state index contributed by atoms with van der Waals surface area (Å²) in [6.07, 6.45) is 3.78. The predicted molar refractivity (Wildman–Crippen MR) is 123 cm³/mol. The second-order valence-electron chi connectivity index (χ2n) is 7.66. The Labute approximate surface area is 185 Å². The van der Waals surface area contributed by atoms with Gasteiger partial charge in [0.15, 0.2) is 0 Å². The van der Waals surface area contributed by atoms with Crippen LogP contribution in [0.2, 0.25) is 0 Å². The number of nitrogens with one attached hydrogen (secondary N) is 1. The highest BCUT2D eigenvalue weighted by atomic mass is 35.5. The highest BCUT2D eigenvalue weighted by Gasteiger charge is 2.29. The first-order chi connectivity index (χ1) is 14.2. The van der Waals surface area contributed by atoms with E-state index < -0.39 is 0 Å². The van der Waals surface area contributed by atoms with E-state index in [-0.39, 0.29) is 36.2 Å². The molecule has 2 aromatic rings. The lowest BCUT2D eigenvalue weighted by Gasteiger charge is -2.37. The number of benzene rings is 2. The minimum atomic E-state index is -0.0445. The van der Waals surface area contributed by atoms with Gasteiger partial charge < -0.3 is 16.0 Å². The van der Waals surface area contributed by atoms with Gasteiger partial charge in [0.05, 0.1) is 0 Å². The molecule has 6 heteroatoms. The summed E-state index contributed by atoms with van der Waals surface area (Å²) in [6.45, 7) is 1.60. The van der Waals surface area contributed by atoms with E-state index in [2.05, 4.69) is 29.6 Å². The Hall–Kier alpha value is -2.37. The predicted octanol–water partition coefficient (Wildman–Crippen LogP) is 3.48. The lowest BCUT2D eigenvalue weighted by Crippen LogP contribution is -2.49. The quantitative estimate of drug-likeness (QED) is 0.674. The number of piperidine rings is 1. The van der Waals surface area contributed by atoms with Crippen molar-refractivity contribution in [1.82, 2.24) is 10.2 Å². The van der Waals surface area contributed by atoms with Crippen LogP contribution in [-0.4, -0.2) is 42.4 Å². The minimum Gasteiger partial charge on any atom is -0.354 e. The van der Waals surface area contributed by atoms with Crippen molar-refractivity contribution < 1.29 is 9.59 Å². The van der Waals surface area contributed by atoms with Gasteiger partial charge in [-0.2, -0.15) is 0 Å². The first-order valence-corrected chi connectivity index (χ1v) is 10.5. The monoisotopic (exact) mass is 429 g/mol. The molecule has 0 radical (unpaired) electrons. The zero-order chi connectivity index (χ0) is 20.5. The van der Waals surface area contributed by atoms with Crippen LogP contribution in [0.4, 0.5) is 0 Å². The molecule has 1 aliphatic heterocycles. The van der Waals surface area contributed by atoms with Crippen LogP contribution < -0.4 is 11.1 Å². The lowest BCUT2D eigenvalue weighted by atomic mass is 9.87. The van der Waals surface area contributed by atoms with Crippen molar-refractivity contribution in [2.24, 2.45) is 5.73 Å². The third-order valence-electron chi connectivity index (χ3n) is 5.64. The van der Waals surface area contributed by atoms with E-state index in [1.807, 2.05) is 41.3 Å². The van der Waals surface area contributed by atoms with E-state index in [0.717, 1.165) is 36.9 Å². The van der Waals surface area contributed by atoms with E-state index in [9.17, 15) is 9.59 Å². The molecule has 2 amide bonds. The molecule has 0 bridgehead atoms. The van der Waals surface area contributed by atoms with Crippen LogP contribution in [-0.2, 0) is 9.59 Å². The molecule has 0 aliphatic carbocycles. The Morgan fingerprint density at radius 1 is 1.00 bits per heavy atom. The SMILES string of the molecule is Cl.NCCC(=O)NCC1CCCCN1C(=O)CC(c1ccccc1)c1ccccc1. The van der Waals surface area contributed by atoms with Gasteiger partial charge in [0.25, 0.3) is 0 Å². The second kappa shape index (κ2) is 12.4. The van der Waals surface area contributed by atoms with Crippen LogP contribution in [0.5, 0.6) is 0 Å². The van der Waals surface area contributed by atoms with Gasteiger partial charge >= 0.3 is 0 Å². The Kier molecular flexibility index (Phi) is 9.84. The molecule has 3 N–H and O–H groups in total. The maximum absolute atomic E-state index is 13.3. The zero-order valence-electron chi connectivity index (χ0n) is 17.3. The van der Waals surface area contributed by atoms with Gasteiger partial charge in [0.2, 0.25) is 11.8 Å². The molecule has 1 atom stereocenters. The molecule has 1 saturated heterocycles. The van der Waals surface area contributed by atoms with Gasteiger partial charge in [-0.15, -0.1) is 12.4 Å². The number of hydrogen-bond acceptors (Lipinski definition) is 3. The summed E-state index contributed by atoms with van der Waals surface area (Å²) < 4.78 is 0. The maximum atomic E-state index is 13.3. The second-order valence-corrected chi connectivity index (χ2v) is 7.66. The van der Waals surface area contributed by atoms with Crippen LogP contribution in [0.25, 0.3) is 0 Å². The number of amides is 2. The molecule has 0 aromatic heterocycles. The van der Waals surface area contributed by atoms with Gasteiger partial charge in [0.1, 0.15) is 0 Å². The Balaban J connectivity index is 0.00000320. The number of rotatable bonds is 8. The number of hydrogen-bond donors (Lipinski definition) is 2. The van der Waals surface area contributed by atoms with Crippen molar-refractivity contribution >= 4 is 24.2 Å². The topological polar surface area (TPSA) is 75.4 Å². The fourth-order valence-corrected chi connectivity index (χ4v) is 4.08. The van der Waals surface area contributed by atoms with Crippen LogP contribution in [0.3, 0.4) is 0 Å². The number of nitrogens with two attached hydrogens (primary N) is 1. The molecule has 1 unspecified atom stereocenters. The molecule has 0 spiro atoms. The molecule has 162 valence electrons. The number of halogens is 1. The van der Waals surface area contributed by atoms with Crippen molar-refractivity contribution in [1.29, 1.82) is 0 Å². The van der Waals surface area contributed by atoms with E-state index in [0.29, 0.717) is 25.9 Å². The van der Waals surface area contributed by atoms with Crippen LogP contribution >= 0.6 is 12.4 Å². The average molecular weight is 430 g/mol. The van der Waals surface area contributed by atoms with Crippen molar-refractivity contribution in [2.75, 3.05) is 19.6 Å². The lowest BCUT2D eigenvalue weighted by molar-refractivity contribution is -0.135. The van der Waals surface area contributed by atoms with E-state index in [1.165, 1.54) is 0 Å². The molecule has 0 saturated carbocycles. The highest BCUT2D eigenvalue weighted by molar-refractivity contribution is 5.85. The molecular weight excluding hydrogens is 398 g/mol. The van der Waals surface area contributed by atoms with Gasteiger partial charge in [0, 0.05) is 44.4 Å². The van der Waals surface area contributed by atoms with Crippen LogP contribution in [0.15, 0.2) is 60.7 Å². The fraction of sp³-hybridized carbons (Fsp3) is 0.417.